The van der Waals surface area contributed by atoms with Crippen LogP contribution in [0.4, 0.5) is 13.2 Å². The van der Waals surface area contributed by atoms with Gasteiger partial charge in [-0.15, -0.1) is 13.2 Å². The minimum absolute atomic E-state index is 0.00875. The van der Waals surface area contributed by atoms with Gasteiger partial charge in [-0.25, -0.2) is 0 Å². The highest BCUT2D eigenvalue weighted by Gasteiger charge is 2.32. The summed E-state index contributed by atoms with van der Waals surface area (Å²) in [6.07, 6.45) is -2.91. The number of primary amides is 1. The number of rotatable bonds is 3. The monoisotopic (exact) mass is 247 g/mol. The van der Waals surface area contributed by atoms with E-state index in [0.717, 1.165) is 18.2 Å². The van der Waals surface area contributed by atoms with Crippen LogP contribution in [-0.2, 0) is 4.79 Å². The van der Waals surface area contributed by atoms with Crippen LogP contribution >= 0.6 is 0 Å². The summed E-state index contributed by atoms with van der Waals surface area (Å²) in [7, 11) is 0. The number of alkyl halides is 3. The second kappa shape index (κ2) is 4.77. The second-order valence-corrected chi connectivity index (χ2v) is 2.98. The number of hydrogen-bond donors (Lipinski definition) is 2. The van der Waals surface area contributed by atoms with Crippen LogP contribution in [0.1, 0.15) is 5.56 Å². The van der Waals surface area contributed by atoms with E-state index in [1.807, 2.05) is 0 Å². The molecule has 0 aliphatic rings. The van der Waals surface area contributed by atoms with E-state index in [2.05, 4.69) is 4.74 Å². The molecule has 0 saturated carbocycles. The molecule has 0 aromatic heterocycles. The molecule has 1 aromatic carbocycles. The fourth-order valence-electron chi connectivity index (χ4n) is 1.05. The van der Waals surface area contributed by atoms with Gasteiger partial charge in [0, 0.05) is 11.6 Å². The maximum absolute atomic E-state index is 11.9. The molecule has 0 bridgehead atoms. The summed E-state index contributed by atoms with van der Waals surface area (Å²) in [5, 5.41) is 9.44. The second-order valence-electron chi connectivity index (χ2n) is 2.98. The van der Waals surface area contributed by atoms with Crippen molar-refractivity contribution in [2.24, 2.45) is 5.73 Å². The van der Waals surface area contributed by atoms with Crippen LogP contribution in [0.25, 0.3) is 6.08 Å². The number of amides is 1. The molecule has 0 heterocycles. The summed E-state index contributed by atoms with van der Waals surface area (Å²) in [6, 6.07) is 3.49. The van der Waals surface area contributed by atoms with Crippen LogP contribution in [0.5, 0.6) is 11.5 Å². The summed E-state index contributed by atoms with van der Waals surface area (Å²) in [6.45, 7) is 0. The van der Waals surface area contributed by atoms with Crippen molar-refractivity contribution in [3.05, 3.63) is 29.8 Å². The Labute approximate surface area is 94.1 Å². The zero-order valence-electron chi connectivity index (χ0n) is 8.36. The molecule has 0 aliphatic carbocycles. The largest absolute Gasteiger partial charge is 0.573 e. The SMILES string of the molecule is NC(=O)/C=C/c1cccc(OC(F)(F)F)c1O. The number of carbonyl (C=O) groups excluding carboxylic acids is 1. The Bertz CT molecular complexity index is 455. The molecule has 1 rings (SSSR count). The normalized spacial score (nSPS) is 11.7. The molecule has 92 valence electrons. The molecule has 17 heavy (non-hydrogen) atoms. The van der Waals surface area contributed by atoms with Gasteiger partial charge >= 0.3 is 6.36 Å². The Kier molecular flexibility index (Phi) is 3.62. The molecule has 1 aromatic rings. The predicted octanol–water partition coefficient (Wildman–Crippen LogP) is 1.79. The molecule has 0 aliphatic heterocycles. The smallest absolute Gasteiger partial charge is 0.504 e. The number of nitrogens with two attached hydrogens (primary N) is 1. The lowest BCUT2D eigenvalue weighted by atomic mass is 10.1. The number of phenolic OH excluding ortho intramolecular Hbond substituents is 1. The van der Waals surface area contributed by atoms with Gasteiger partial charge < -0.3 is 15.6 Å². The van der Waals surface area contributed by atoms with Crippen LogP contribution < -0.4 is 10.5 Å². The molecule has 0 atom stereocenters. The van der Waals surface area contributed by atoms with Gasteiger partial charge in [-0.2, -0.15) is 0 Å². The summed E-state index contributed by atoms with van der Waals surface area (Å²) in [5.41, 5.74) is 4.80. The average Bonchev–Trinajstić information content (AvgIpc) is 2.17. The standard InChI is InChI=1S/C10H8F3NO3/c11-10(12,13)17-7-3-1-2-6(9(7)16)4-5-8(14)15/h1-5,16H,(H2,14,15)/b5-4+. The summed E-state index contributed by atoms with van der Waals surface area (Å²) in [4.78, 5) is 10.4. The van der Waals surface area contributed by atoms with Gasteiger partial charge in [-0.1, -0.05) is 12.1 Å². The summed E-state index contributed by atoms with van der Waals surface area (Å²) >= 11 is 0. The van der Waals surface area contributed by atoms with Crippen LogP contribution in [0.3, 0.4) is 0 Å². The topological polar surface area (TPSA) is 72.6 Å². The molecule has 3 N–H and O–H groups in total. The number of phenols is 1. The quantitative estimate of drug-likeness (QED) is 0.800. The van der Waals surface area contributed by atoms with Gasteiger partial charge in [0.25, 0.3) is 0 Å². The number of carbonyl (C=O) groups is 1. The van der Waals surface area contributed by atoms with E-state index >= 15 is 0 Å². The van der Waals surface area contributed by atoms with E-state index in [1.54, 1.807) is 0 Å². The summed E-state index contributed by atoms with van der Waals surface area (Å²) < 4.78 is 39.4. The number of para-hydroxylation sites is 1. The first-order valence-corrected chi connectivity index (χ1v) is 4.35. The molecule has 4 nitrogen and oxygen atoms in total. The Morgan fingerprint density at radius 2 is 2.06 bits per heavy atom. The molecular formula is C10H8F3NO3. The highest BCUT2D eigenvalue weighted by molar-refractivity contribution is 5.90. The fraction of sp³-hybridized carbons (Fsp3) is 0.100. The number of ether oxygens (including phenoxy) is 1. The van der Waals surface area contributed by atoms with Crippen molar-refractivity contribution in [2.75, 3.05) is 0 Å². The number of benzene rings is 1. The molecule has 7 heteroatoms. The van der Waals surface area contributed by atoms with Crippen LogP contribution in [0, 0.1) is 0 Å². The minimum atomic E-state index is -4.90. The molecular weight excluding hydrogens is 239 g/mol. The molecule has 0 radical (unpaired) electrons. The van der Waals surface area contributed by atoms with Crippen molar-refractivity contribution in [3.8, 4) is 11.5 Å². The van der Waals surface area contributed by atoms with E-state index < -0.39 is 23.8 Å². The lowest BCUT2D eigenvalue weighted by Crippen LogP contribution is -2.17. The van der Waals surface area contributed by atoms with E-state index in [0.29, 0.717) is 0 Å². The zero-order valence-corrected chi connectivity index (χ0v) is 8.36. The number of aromatic hydroxyl groups is 1. The maximum Gasteiger partial charge on any atom is 0.573 e. The van der Waals surface area contributed by atoms with Crippen molar-refractivity contribution in [1.29, 1.82) is 0 Å². The van der Waals surface area contributed by atoms with Gasteiger partial charge in [0.2, 0.25) is 5.91 Å². The average molecular weight is 247 g/mol. The number of halogens is 3. The van der Waals surface area contributed by atoms with Gasteiger partial charge in [0.15, 0.2) is 11.5 Å². The van der Waals surface area contributed by atoms with Crippen LogP contribution in [0.15, 0.2) is 24.3 Å². The Morgan fingerprint density at radius 1 is 1.41 bits per heavy atom. The van der Waals surface area contributed by atoms with Crippen LogP contribution in [0.2, 0.25) is 0 Å². The Morgan fingerprint density at radius 3 is 2.59 bits per heavy atom. The first kappa shape index (κ1) is 12.9. The van der Waals surface area contributed by atoms with Crippen molar-refractivity contribution < 1.29 is 27.8 Å². The van der Waals surface area contributed by atoms with E-state index in [9.17, 15) is 23.1 Å². The van der Waals surface area contributed by atoms with Gasteiger partial charge in [-0.3, -0.25) is 4.79 Å². The van der Waals surface area contributed by atoms with E-state index in [4.69, 9.17) is 5.73 Å². The third-order valence-corrected chi connectivity index (χ3v) is 1.68. The zero-order chi connectivity index (χ0) is 13.1. The molecule has 0 unspecified atom stereocenters. The van der Waals surface area contributed by atoms with Crippen molar-refractivity contribution in [1.82, 2.24) is 0 Å². The first-order chi connectivity index (χ1) is 7.79. The maximum atomic E-state index is 11.9. The molecule has 0 spiro atoms. The van der Waals surface area contributed by atoms with Crippen molar-refractivity contribution >= 4 is 12.0 Å². The third kappa shape index (κ3) is 4.06. The van der Waals surface area contributed by atoms with E-state index in [1.165, 1.54) is 12.1 Å². The first-order valence-electron chi connectivity index (χ1n) is 4.35. The van der Waals surface area contributed by atoms with Crippen LogP contribution in [-0.4, -0.2) is 17.4 Å². The van der Waals surface area contributed by atoms with Gasteiger partial charge in [-0.05, 0) is 12.1 Å². The third-order valence-electron chi connectivity index (χ3n) is 1.68. The molecule has 0 saturated heterocycles. The van der Waals surface area contributed by atoms with Crippen molar-refractivity contribution in [3.63, 3.8) is 0 Å². The summed E-state index contributed by atoms with van der Waals surface area (Å²) in [5.74, 6) is -2.25. The molecule has 1 amide bonds. The Hall–Kier alpha value is -2.18. The van der Waals surface area contributed by atoms with E-state index in [-0.39, 0.29) is 5.56 Å². The lowest BCUT2D eigenvalue weighted by molar-refractivity contribution is -0.275. The fourth-order valence-corrected chi connectivity index (χ4v) is 1.05. The lowest BCUT2D eigenvalue weighted by Gasteiger charge is -2.11. The highest BCUT2D eigenvalue weighted by Crippen LogP contribution is 2.34. The minimum Gasteiger partial charge on any atom is -0.504 e. The van der Waals surface area contributed by atoms with Crippen molar-refractivity contribution in [2.45, 2.75) is 6.36 Å². The predicted molar refractivity (Wildman–Crippen MR) is 53.0 cm³/mol. The Balaban J connectivity index is 3.03. The van der Waals surface area contributed by atoms with Gasteiger partial charge in [0.05, 0.1) is 0 Å². The molecule has 0 fully saturated rings. The highest BCUT2D eigenvalue weighted by atomic mass is 19.4. The van der Waals surface area contributed by atoms with Gasteiger partial charge in [0.1, 0.15) is 0 Å². The number of hydrogen-bond acceptors (Lipinski definition) is 3.